The maximum atomic E-state index is 9.17. The Hall–Kier alpha value is -1.20. The summed E-state index contributed by atoms with van der Waals surface area (Å²) < 4.78 is 5.26. The van der Waals surface area contributed by atoms with Crippen LogP contribution in [0.5, 0.6) is 5.75 Å². The molecule has 2 rings (SSSR count). The van der Waals surface area contributed by atoms with Crippen molar-refractivity contribution in [2.24, 2.45) is 0 Å². The summed E-state index contributed by atoms with van der Waals surface area (Å²) in [6.45, 7) is 1.99. The summed E-state index contributed by atoms with van der Waals surface area (Å²) in [5.41, 5.74) is 4.07. The van der Waals surface area contributed by atoms with Crippen LogP contribution in [0, 0.1) is 18.3 Å². The molecule has 84 valence electrons. The van der Waals surface area contributed by atoms with E-state index in [1.165, 1.54) is 24.0 Å². The SMILES string of the molecule is COc1c(Cl)c2c(c(C)c1C#N)CCCC2. The summed E-state index contributed by atoms with van der Waals surface area (Å²) in [4.78, 5) is 0. The lowest BCUT2D eigenvalue weighted by molar-refractivity contribution is 0.412. The molecule has 0 saturated heterocycles. The third kappa shape index (κ3) is 1.56. The fourth-order valence-electron chi connectivity index (χ4n) is 2.46. The fourth-order valence-corrected chi connectivity index (χ4v) is 2.84. The van der Waals surface area contributed by atoms with E-state index in [0.717, 1.165) is 18.4 Å². The van der Waals surface area contributed by atoms with Crippen molar-refractivity contribution in [1.29, 1.82) is 5.26 Å². The van der Waals surface area contributed by atoms with E-state index < -0.39 is 0 Å². The summed E-state index contributed by atoms with van der Waals surface area (Å²) >= 11 is 6.31. The van der Waals surface area contributed by atoms with Gasteiger partial charge in [-0.2, -0.15) is 5.26 Å². The smallest absolute Gasteiger partial charge is 0.155 e. The normalized spacial score (nSPS) is 14.1. The molecule has 1 aliphatic rings. The first-order chi connectivity index (χ1) is 7.70. The van der Waals surface area contributed by atoms with Crippen molar-refractivity contribution in [1.82, 2.24) is 0 Å². The van der Waals surface area contributed by atoms with Gasteiger partial charge in [-0.25, -0.2) is 0 Å². The van der Waals surface area contributed by atoms with E-state index >= 15 is 0 Å². The third-order valence-corrected chi connectivity index (χ3v) is 3.70. The molecule has 0 bridgehead atoms. The molecule has 0 amide bonds. The Balaban J connectivity index is 2.75. The summed E-state index contributed by atoms with van der Waals surface area (Å²) in [7, 11) is 1.57. The number of hydrogen-bond acceptors (Lipinski definition) is 2. The molecule has 2 nitrogen and oxygen atoms in total. The van der Waals surface area contributed by atoms with Gasteiger partial charge in [-0.05, 0) is 49.3 Å². The molecule has 0 aromatic heterocycles. The van der Waals surface area contributed by atoms with Gasteiger partial charge in [0.2, 0.25) is 0 Å². The van der Waals surface area contributed by atoms with Crippen LogP contribution < -0.4 is 4.74 Å². The first-order valence-electron chi connectivity index (χ1n) is 5.48. The van der Waals surface area contributed by atoms with Crippen LogP contribution in [0.4, 0.5) is 0 Å². The van der Waals surface area contributed by atoms with Gasteiger partial charge in [0.15, 0.2) is 5.75 Å². The second-order valence-electron chi connectivity index (χ2n) is 4.12. The summed E-state index contributed by atoms with van der Waals surface area (Å²) in [6, 6.07) is 2.20. The minimum absolute atomic E-state index is 0.544. The third-order valence-electron chi connectivity index (χ3n) is 3.30. The Labute approximate surface area is 101 Å². The van der Waals surface area contributed by atoms with Crippen molar-refractivity contribution in [3.8, 4) is 11.8 Å². The number of rotatable bonds is 1. The van der Waals surface area contributed by atoms with E-state index in [9.17, 15) is 0 Å². The van der Waals surface area contributed by atoms with Gasteiger partial charge in [0.25, 0.3) is 0 Å². The van der Waals surface area contributed by atoms with E-state index in [4.69, 9.17) is 21.6 Å². The quantitative estimate of drug-likeness (QED) is 0.747. The summed E-state index contributed by atoms with van der Waals surface area (Å²) in [5, 5.41) is 9.81. The van der Waals surface area contributed by atoms with Gasteiger partial charge in [-0.15, -0.1) is 0 Å². The van der Waals surface area contributed by atoms with E-state index in [0.29, 0.717) is 16.3 Å². The lowest BCUT2D eigenvalue weighted by Crippen LogP contribution is -2.09. The Kier molecular flexibility index (Phi) is 3.07. The number of hydrogen-bond donors (Lipinski definition) is 0. The number of nitrogens with zero attached hydrogens (tertiary/aromatic N) is 1. The van der Waals surface area contributed by atoms with Crippen molar-refractivity contribution >= 4 is 11.6 Å². The highest BCUT2D eigenvalue weighted by Gasteiger charge is 2.22. The molecule has 1 aromatic carbocycles. The topological polar surface area (TPSA) is 33.0 Å². The average Bonchev–Trinajstić information content (AvgIpc) is 2.33. The standard InChI is InChI=1S/C13H14ClNO/c1-8-9-5-3-4-6-10(9)12(14)13(16-2)11(8)7-15/h3-6H2,1-2H3. The van der Waals surface area contributed by atoms with Crippen LogP contribution in [-0.2, 0) is 12.8 Å². The Bertz CT molecular complexity index is 470. The molecule has 0 radical (unpaired) electrons. The second-order valence-corrected chi connectivity index (χ2v) is 4.50. The monoisotopic (exact) mass is 235 g/mol. The van der Waals surface area contributed by atoms with Crippen LogP contribution in [0.1, 0.15) is 35.1 Å². The van der Waals surface area contributed by atoms with Crippen molar-refractivity contribution in [3.05, 3.63) is 27.3 Å². The highest BCUT2D eigenvalue weighted by molar-refractivity contribution is 6.33. The molecule has 1 aromatic rings. The maximum Gasteiger partial charge on any atom is 0.155 e. The lowest BCUT2D eigenvalue weighted by Gasteiger charge is -2.22. The zero-order valence-electron chi connectivity index (χ0n) is 9.56. The van der Waals surface area contributed by atoms with E-state index in [2.05, 4.69) is 6.07 Å². The molecule has 0 atom stereocenters. The zero-order valence-corrected chi connectivity index (χ0v) is 10.3. The van der Waals surface area contributed by atoms with Crippen LogP contribution >= 0.6 is 11.6 Å². The minimum Gasteiger partial charge on any atom is -0.494 e. The van der Waals surface area contributed by atoms with Gasteiger partial charge in [-0.1, -0.05) is 11.6 Å². The predicted octanol–water partition coefficient (Wildman–Crippen LogP) is 3.41. The summed E-state index contributed by atoms with van der Waals surface area (Å²) in [5.74, 6) is 0.544. The summed E-state index contributed by atoms with van der Waals surface area (Å²) in [6.07, 6.45) is 4.37. The van der Waals surface area contributed by atoms with Crippen molar-refractivity contribution in [3.63, 3.8) is 0 Å². The second kappa shape index (κ2) is 4.35. The first kappa shape index (κ1) is 11.3. The minimum atomic E-state index is 0.544. The molecule has 0 fully saturated rings. The highest BCUT2D eigenvalue weighted by Crippen LogP contribution is 2.40. The number of nitriles is 1. The highest BCUT2D eigenvalue weighted by atomic mass is 35.5. The van der Waals surface area contributed by atoms with Crippen LogP contribution in [-0.4, -0.2) is 7.11 Å². The molecule has 0 saturated carbocycles. The Morgan fingerprint density at radius 3 is 2.44 bits per heavy atom. The lowest BCUT2D eigenvalue weighted by atomic mass is 9.86. The maximum absolute atomic E-state index is 9.17. The molecule has 3 heteroatoms. The molecule has 0 spiro atoms. The molecule has 1 aliphatic carbocycles. The van der Waals surface area contributed by atoms with Gasteiger partial charge in [0.1, 0.15) is 6.07 Å². The number of fused-ring (bicyclic) bond motifs is 1. The Morgan fingerprint density at radius 2 is 1.88 bits per heavy atom. The van der Waals surface area contributed by atoms with Crippen LogP contribution in [0.3, 0.4) is 0 Å². The van der Waals surface area contributed by atoms with Crippen molar-refractivity contribution in [2.75, 3.05) is 7.11 Å². The number of benzene rings is 1. The zero-order chi connectivity index (χ0) is 11.7. The van der Waals surface area contributed by atoms with E-state index in [1.54, 1.807) is 7.11 Å². The van der Waals surface area contributed by atoms with Crippen LogP contribution in [0.2, 0.25) is 5.02 Å². The Morgan fingerprint density at radius 1 is 1.25 bits per heavy atom. The largest absolute Gasteiger partial charge is 0.494 e. The van der Waals surface area contributed by atoms with Crippen LogP contribution in [0.25, 0.3) is 0 Å². The molecular formula is C13H14ClNO. The molecule has 0 aliphatic heterocycles. The number of ether oxygens (including phenoxy) is 1. The average molecular weight is 236 g/mol. The molecule has 0 N–H and O–H groups in total. The molecule has 0 heterocycles. The van der Waals surface area contributed by atoms with Crippen molar-refractivity contribution in [2.45, 2.75) is 32.6 Å². The number of methoxy groups -OCH3 is 1. The first-order valence-corrected chi connectivity index (χ1v) is 5.86. The fraction of sp³-hybridized carbons (Fsp3) is 0.462. The number of halogens is 1. The van der Waals surface area contributed by atoms with Gasteiger partial charge < -0.3 is 4.74 Å². The predicted molar refractivity (Wildman–Crippen MR) is 64.1 cm³/mol. The van der Waals surface area contributed by atoms with Gasteiger partial charge >= 0.3 is 0 Å². The van der Waals surface area contributed by atoms with Gasteiger partial charge in [0.05, 0.1) is 17.7 Å². The van der Waals surface area contributed by atoms with E-state index in [-0.39, 0.29) is 0 Å². The molecule has 0 unspecified atom stereocenters. The molecule has 16 heavy (non-hydrogen) atoms. The van der Waals surface area contributed by atoms with E-state index in [1.807, 2.05) is 6.92 Å². The van der Waals surface area contributed by atoms with Gasteiger partial charge in [-0.3, -0.25) is 0 Å². The van der Waals surface area contributed by atoms with Crippen LogP contribution in [0.15, 0.2) is 0 Å². The van der Waals surface area contributed by atoms with Crippen molar-refractivity contribution < 1.29 is 4.74 Å². The van der Waals surface area contributed by atoms with Gasteiger partial charge in [0, 0.05) is 0 Å². The molecular weight excluding hydrogens is 222 g/mol.